The van der Waals surface area contributed by atoms with Crippen molar-refractivity contribution in [3.8, 4) is 23.1 Å². The second-order valence-electron chi connectivity index (χ2n) is 3.70. The van der Waals surface area contributed by atoms with Crippen LogP contribution in [0, 0.1) is 11.3 Å². The van der Waals surface area contributed by atoms with Gasteiger partial charge >= 0.3 is 0 Å². The van der Waals surface area contributed by atoms with Crippen molar-refractivity contribution < 1.29 is 4.74 Å². The Kier molecular flexibility index (Phi) is 1.90. The SMILES string of the molecule is N#Cc1cc(-c2ccc3c(c2)CCO3)[nH]n1. The lowest BCUT2D eigenvalue weighted by molar-refractivity contribution is 0.357. The summed E-state index contributed by atoms with van der Waals surface area (Å²) >= 11 is 0. The van der Waals surface area contributed by atoms with Gasteiger partial charge in [-0.2, -0.15) is 10.4 Å². The Balaban J connectivity index is 2.04. The molecule has 0 unspecified atom stereocenters. The lowest BCUT2D eigenvalue weighted by atomic mass is 10.1. The van der Waals surface area contributed by atoms with Gasteiger partial charge in [-0.1, -0.05) is 0 Å². The summed E-state index contributed by atoms with van der Waals surface area (Å²) < 4.78 is 5.44. The third-order valence-corrected chi connectivity index (χ3v) is 2.69. The Morgan fingerprint density at radius 1 is 1.38 bits per heavy atom. The summed E-state index contributed by atoms with van der Waals surface area (Å²) in [6.45, 7) is 0.755. The highest BCUT2D eigenvalue weighted by molar-refractivity contribution is 5.63. The van der Waals surface area contributed by atoms with Gasteiger partial charge in [0, 0.05) is 18.1 Å². The summed E-state index contributed by atoms with van der Waals surface area (Å²) in [7, 11) is 0. The molecule has 0 radical (unpaired) electrons. The van der Waals surface area contributed by atoms with E-state index >= 15 is 0 Å². The molecule has 1 aromatic heterocycles. The molecule has 4 heteroatoms. The number of benzene rings is 1. The van der Waals surface area contributed by atoms with E-state index < -0.39 is 0 Å². The fourth-order valence-corrected chi connectivity index (χ4v) is 1.88. The van der Waals surface area contributed by atoms with Crippen molar-refractivity contribution in [1.82, 2.24) is 10.2 Å². The van der Waals surface area contributed by atoms with E-state index in [1.165, 1.54) is 5.56 Å². The summed E-state index contributed by atoms with van der Waals surface area (Å²) in [5.74, 6) is 0.962. The van der Waals surface area contributed by atoms with Gasteiger partial charge in [-0.25, -0.2) is 0 Å². The number of rotatable bonds is 1. The van der Waals surface area contributed by atoms with Gasteiger partial charge in [0.1, 0.15) is 11.8 Å². The van der Waals surface area contributed by atoms with Crippen LogP contribution in [0.15, 0.2) is 24.3 Å². The number of H-pyrrole nitrogens is 1. The molecule has 0 fully saturated rings. The number of nitrogens with zero attached hydrogens (tertiary/aromatic N) is 2. The molecule has 0 spiro atoms. The van der Waals surface area contributed by atoms with Crippen molar-refractivity contribution >= 4 is 0 Å². The minimum Gasteiger partial charge on any atom is -0.493 e. The number of nitrogens with one attached hydrogen (secondary N) is 1. The zero-order chi connectivity index (χ0) is 11.0. The van der Waals surface area contributed by atoms with Gasteiger partial charge < -0.3 is 4.74 Å². The first-order chi connectivity index (χ1) is 7.86. The Morgan fingerprint density at radius 2 is 2.31 bits per heavy atom. The molecule has 2 heterocycles. The zero-order valence-electron chi connectivity index (χ0n) is 8.53. The van der Waals surface area contributed by atoms with Crippen LogP contribution in [0.2, 0.25) is 0 Å². The standard InChI is InChI=1S/C12H9N3O/c13-7-10-6-11(15-14-10)8-1-2-12-9(5-8)3-4-16-12/h1-2,5-6H,3-4H2,(H,14,15). The van der Waals surface area contributed by atoms with Crippen LogP contribution in [-0.2, 0) is 6.42 Å². The fourth-order valence-electron chi connectivity index (χ4n) is 1.88. The number of nitriles is 1. The number of aromatic nitrogens is 2. The molecule has 1 aliphatic rings. The van der Waals surface area contributed by atoms with E-state index in [9.17, 15) is 0 Å². The van der Waals surface area contributed by atoms with Crippen molar-refractivity contribution in [2.75, 3.05) is 6.61 Å². The highest BCUT2D eigenvalue weighted by atomic mass is 16.5. The first-order valence-electron chi connectivity index (χ1n) is 5.08. The number of hydrogen-bond acceptors (Lipinski definition) is 3. The van der Waals surface area contributed by atoms with Crippen molar-refractivity contribution in [3.05, 3.63) is 35.5 Å². The minimum atomic E-state index is 0.409. The molecule has 2 aromatic rings. The maximum absolute atomic E-state index is 8.70. The first kappa shape index (κ1) is 8.98. The summed E-state index contributed by atoms with van der Waals surface area (Å²) in [4.78, 5) is 0. The highest BCUT2D eigenvalue weighted by Gasteiger charge is 2.13. The van der Waals surface area contributed by atoms with Crippen molar-refractivity contribution in [1.29, 1.82) is 5.26 Å². The van der Waals surface area contributed by atoms with Gasteiger partial charge in [-0.15, -0.1) is 0 Å². The van der Waals surface area contributed by atoms with Crippen LogP contribution < -0.4 is 4.74 Å². The molecule has 0 bridgehead atoms. The van der Waals surface area contributed by atoms with E-state index in [0.717, 1.165) is 30.0 Å². The summed E-state index contributed by atoms with van der Waals surface area (Å²) in [5, 5.41) is 15.4. The normalized spacial score (nSPS) is 12.9. The average molecular weight is 211 g/mol. The fraction of sp³-hybridized carbons (Fsp3) is 0.167. The quantitative estimate of drug-likeness (QED) is 0.783. The zero-order valence-corrected chi connectivity index (χ0v) is 8.53. The summed E-state index contributed by atoms with van der Waals surface area (Å²) in [6.07, 6.45) is 0.947. The van der Waals surface area contributed by atoms with Crippen LogP contribution in [0.4, 0.5) is 0 Å². The molecule has 1 aromatic carbocycles. The van der Waals surface area contributed by atoms with Gasteiger partial charge in [0.25, 0.3) is 0 Å². The Bertz CT molecular complexity index is 580. The van der Waals surface area contributed by atoms with Crippen LogP contribution in [0.25, 0.3) is 11.3 Å². The van der Waals surface area contributed by atoms with E-state index in [2.05, 4.69) is 16.3 Å². The molecule has 1 N–H and O–H groups in total. The van der Waals surface area contributed by atoms with E-state index in [0.29, 0.717) is 5.69 Å². The maximum atomic E-state index is 8.70. The third-order valence-electron chi connectivity index (χ3n) is 2.69. The first-order valence-corrected chi connectivity index (χ1v) is 5.08. The minimum absolute atomic E-state index is 0.409. The lowest BCUT2D eigenvalue weighted by Crippen LogP contribution is -1.85. The third kappa shape index (κ3) is 1.34. The van der Waals surface area contributed by atoms with Gasteiger partial charge in [-0.3, -0.25) is 5.10 Å². The smallest absolute Gasteiger partial charge is 0.162 e. The van der Waals surface area contributed by atoms with Gasteiger partial charge in [-0.05, 0) is 23.8 Å². The number of hydrogen-bond donors (Lipinski definition) is 1. The molecule has 4 nitrogen and oxygen atoms in total. The van der Waals surface area contributed by atoms with Crippen LogP contribution in [0.1, 0.15) is 11.3 Å². The van der Waals surface area contributed by atoms with E-state index in [4.69, 9.17) is 10.00 Å². The predicted molar refractivity (Wildman–Crippen MR) is 57.9 cm³/mol. The monoisotopic (exact) mass is 211 g/mol. The van der Waals surface area contributed by atoms with Crippen molar-refractivity contribution in [2.24, 2.45) is 0 Å². The van der Waals surface area contributed by atoms with Gasteiger partial charge in [0.05, 0.1) is 12.3 Å². The van der Waals surface area contributed by atoms with Crippen LogP contribution in [-0.4, -0.2) is 16.8 Å². The van der Waals surface area contributed by atoms with E-state index in [1.54, 1.807) is 6.07 Å². The number of fused-ring (bicyclic) bond motifs is 1. The molecule has 0 saturated heterocycles. The average Bonchev–Trinajstić information content (AvgIpc) is 2.96. The molecule has 0 aliphatic carbocycles. The summed E-state index contributed by atoms with van der Waals surface area (Å²) in [6, 6.07) is 9.76. The van der Waals surface area contributed by atoms with E-state index in [1.807, 2.05) is 18.2 Å². The largest absolute Gasteiger partial charge is 0.493 e. The van der Waals surface area contributed by atoms with Crippen molar-refractivity contribution in [3.63, 3.8) is 0 Å². The predicted octanol–water partition coefficient (Wildman–Crippen LogP) is 1.88. The topological polar surface area (TPSA) is 61.7 Å². The number of ether oxygens (including phenoxy) is 1. The molecular formula is C12H9N3O. The second-order valence-corrected chi connectivity index (χ2v) is 3.70. The molecule has 3 rings (SSSR count). The molecule has 1 aliphatic heterocycles. The van der Waals surface area contributed by atoms with E-state index in [-0.39, 0.29) is 0 Å². The molecule has 0 atom stereocenters. The van der Waals surface area contributed by atoms with Gasteiger partial charge in [0.15, 0.2) is 5.69 Å². The number of aromatic amines is 1. The Hall–Kier alpha value is -2.28. The van der Waals surface area contributed by atoms with Crippen LogP contribution in [0.5, 0.6) is 5.75 Å². The molecule has 0 saturated carbocycles. The molecular weight excluding hydrogens is 202 g/mol. The Morgan fingerprint density at radius 3 is 3.12 bits per heavy atom. The lowest BCUT2D eigenvalue weighted by Gasteiger charge is -2.01. The second kappa shape index (κ2) is 3.38. The van der Waals surface area contributed by atoms with Gasteiger partial charge in [0.2, 0.25) is 0 Å². The molecule has 78 valence electrons. The molecule has 0 amide bonds. The summed E-state index contributed by atoms with van der Waals surface area (Å²) in [5.41, 5.74) is 3.53. The molecule has 16 heavy (non-hydrogen) atoms. The highest BCUT2D eigenvalue weighted by Crippen LogP contribution is 2.29. The van der Waals surface area contributed by atoms with Crippen molar-refractivity contribution in [2.45, 2.75) is 6.42 Å². The maximum Gasteiger partial charge on any atom is 0.162 e. The van der Waals surface area contributed by atoms with Crippen LogP contribution in [0.3, 0.4) is 0 Å². The Labute approximate surface area is 92.5 Å². The van der Waals surface area contributed by atoms with Crippen LogP contribution >= 0.6 is 0 Å².